The van der Waals surface area contributed by atoms with E-state index in [-0.39, 0.29) is 22.7 Å². The molecule has 0 aliphatic heterocycles. The summed E-state index contributed by atoms with van der Waals surface area (Å²) in [6.45, 7) is 4.17. The van der Waals surface area contributed by atoms with Gasteiger partial charge in [-0.2, -0.15) is 5.10 Å². The maximum atomic E-state index is 12.7. The summed E-state index contributed by atoms with van der Waals surface area (Å²) in [5, 5.41) is 7.58. The van der Waals surface area contributed by atoms with Crippen molar-refractivity contribution in [1.29, 1.82) is 0 Å². The van der Waals surface area contributed by atoms with Gasteiger partial charge in [0.05, 0.1) is 10.7 Å². The topological polar surface area (TPSA) is 81.9 Å². The average Bonchev–Trinajstić information content (AvgIpc) is 3.36. The third-order valence-corrected chi connectivity index (χ3v) is 5.42. The summed E-state index contributed by atoms with van der Waals surface area (Å²) in [5.74, 6) is 0.793. The maximum absolute atomic E-state index is 12.7. The number of hydrogen-bond donors (Lipinski definition) is 1. The number of nitrogens with zero attached hydrogens (tertiary/aromatic N) is 4. The van der Waals surface area contributed by atoms with Gasteiger partial charge in [0.15, 0.2) is 5.82 Å². The van der Waals surface area contributed by atoms with E-state index in [9.17, 15) is 4.79 Å². The van der Waals surface area contributed by atoms with Crippen LogP contribution < -0.4 is 10.1 Å². The van der Waals surface area contributed by atoms with Gasteiger partial charge in [-0.3, -0.25) is 4.79 Å². The molecule has 0 bridgehead atoms. The molecule has 156 valence electrons. The quantitative estimate of drug-likeness (QED) is 0.640. The van der Waals surface area contributed by atoms with Crippen molar-refractivity contribution >= 4 is 17.5 Å². The summed E-state index contributed by atoms with van der Waals surface area (Å²) >= 11 is 6.24. The molecule has 1 N–H and O–H groups in total. The van der Waals surface area contributed by atoms with E-state index in [1.165, 1.54) is 12.8 Å². The fraction of sp³-hybridized carbons (Fsp3) is 0.364. The van der Waals surface area contributed by atoms with Crippen molar-refractivity contribution in [2.45, 2.75) is 52.2 Å². The SMILES string of the molecule is Cc1cc(C)n(-c2ccc(Cl)c(C(=O)NCc3ccnc(OC4CCCC4)c3)n2)n1. The number of ether oxygens (including phenoxy) is 1. The second-order valence-corrected chi connectivity index (χ2v) is 7.96. The highest BCUT2D eigenvalue weighted by atomic mass is 35.5. The Hall–Kier alpha value is -2.93. The summed E-state index contributed by atoms with van der Waals surface area (Å²) in [7, 11) is 0. The van der Waals surface area contributed by atoms with Crippen molar-refractivity contribution in [2.75, 3.05) is 0 Å². The molecule has 1 saturated carbocycles. The number of nitrogens with one attached hydrogen (secondary N) is 1. The lowest BCUT2D eigenvalue weighted by molar-refractivity contribution is 0.0946. The average molecular weight is 426 g/mol. The lowest BCUT2D eigenvalue weighted by Gasteiger charge is -2.13. The molecule has 0 saturated heterocycles. The molecule has 4 rings (SSSR count). The lowest BCUT2D eigenvalue weighted by atomic mass is 10.2. The first-order chi connectivity index (χ1) is 14.5. The van der Waals surface area contributed by atoms with Crippen LogP contribution in [0.15, 0.2) is 36.5 Å². The molecule has 30 heavy (non-hydrogen) atoms. The molecule has 1 fully saturated rings. The van der Waals surface area contributed by atoms with E-state index in [0.717, 1.165) is 29.8 Å². The Bertz CT molecular complexity index is 1060. The number of carbonyl (C=O) groups is 1. The van der Waals surface area contributed by atoms with Gasteiger partial charge in [0.1, 0.15) is 11.8 Å². The van der Waals surface area contributed by atoms with Crippen molar-refractivity contribution in [1.82, 2.24) is 25.1 Å². The van der Waals surface area contributed by atoms with Crippen molar-refractivity contribution in [3.05, 3.63) is 64.2 Å². The Morgan fingerprint density at radius 2 is 2.03 bits per heavy atom. The maximum Gasteiger partial charge on any atom is 0.271 e. The molecule has 3 aromatic rings. The third kappa shape index (κ3) is 4.62. The molecule has 3 heterocycles. The Morgan fingerprint density at radius 1 is 1.23 bits per heavy atom. The highest BCUT2D eigenvalue weighted by molar-refractivity contribution is 6.33. The minimum Gasteiger partial charge on any atom is -0.474 e. The Morgan fingerprint density at radius 3 is 2.77 bits per heavy atom. The summed E-state index contributed by atoms with van der Waals surface area (Å²) in [5.41, 5.74) is 2.87. The number of rotatable bonds is 6. The molecule has 1 aliphatic rings. The van der Waals surface area contributed by atoms with Crippen LogP contribution in [-0.4, -0.2) is 31.8 Å². The van der Waals surface area contributed by atoms with Crippen LogP contribution in [0.3, 0.4) is 0 Å². The zero-order valence-corrected chi connectivity index (χ0v) is 17.8. The second kappa shape index (κ2) is 8.83. The van der Waals surface area contributed by atoms with Crippen LogP contribution in [0.5, 0.6) is 5.88 Å². The van der Waals surface area contributed by atoms with E-state index < -0.39 is 0 Å². The first-order valence-electron chi connectivity index (χ1n) is 10.1. The van der Waals surface area contributed by atoms with Gasteiger partial charge < -0.3 is 10.1 Å². The van der Waals surface area contributed by atoms with Crippen LogP contribution >= 0.6 is 11.6 Å². The first-order valence-corrected chi connectivity index (χ1v) is 10.5. The predicted octanol–water partition coefficient (Wildman–Crippen LogP) is 4.18. The number of hydrogen-bond acceptors (Lipinski definition) is 5. The number of halogens is 1. The number of aryl methyl sites for hydroxylation is 2. The van der Waals surface area contributed by atoms with E-state index in [4.69, 9.17) is 16.3 Å². The monoisotopic (exact) mass is 425 g/mol. The van der Waals surface area contributed by atoms with Crippen LogP contribution in [0.2, 0.25) is 5.02 Å². The van der Waals surface area contributed by atoms with Gasteiger partial charge in [-0.1, -0.05) is 11.6 Å². The molecule has 1 aliphatic carbocycles. The zero-order chi connectivity index (χ0) is 21.1. The Labute approximate surface area is 180 Å². The predicted molar refractivity (Wildman–Crippen MR) is 114 cm³/mol. The molecule has 0 spiro atoms. The number of amides is 1. The minimum atomic E-state index is -0.349. The standard InChI is InChI=1S/C22H24ClN5O2/c1-14-11-15(2)28(27-14)19-8-7-18(23)21(26-19)22(29)25-13-16-9-10-24-20(12-16)30-17-5-3-4-6-17/h7-12,17H,3-6,13H2,1-2H3,(H,25,29). The lowest BCUT2D eigenvalue weighted by Crippen LogP contribution is -2.25. The van der Waals surface area contributed by atoms with E-state index in [2.05, 4.69) is 20.4 Å². The molecule has 0 aromatic carbocycles. The van der Waals surface area contributed by atoms with Gasteiger partial charge in [0, 0.05) is 24.5 Å². The number of carbonyl (C=O) groups excluding carboxylic acids is 1. The highest BCUT2D eigenvalue weighted by Crippen LogP contribution is 2.23. The highest BCUT2D eigenvalue weighted by Gasteiger charge is 2.18. The summed E-state index contributed by atoms with van der Waals surface area (Å²) in [6, 6.07) is 9.07. The molecule has 0 atom stereocenters. The van der Waals surface area contributed by atoms with Crippen LogP contribution in [0.1, 0.15) is 53.1 Å². The molecule has 0 radical (unpaired) electrons. The van der Waals surface area contributed by atoms with Gasteiger partial charge in [0.2, 0.25) is 5.88 Å². The van der Waals surface area contributed by atoms with Gasteiger partial charge >= 0.3 is 0 Å². The van der Waals surface area contributed by atoms with E-state index in [0.29, 0.717) is 18.2 Å². The molecule has 8 heteroatoms. The normalized spacial score (nSPS) is 14.1. The molecule has 0 unspecified atom stereocenters. The zero-order valence-electron chi connectivity index (χ0n) is 17.1. The van der Waals surface area contributed by atoms with E-state index in [1.54, 1.807) is 23.0 Å². The Kier molecular flexibility index (Phi) is 5.99. The molecular formula is C22H24ClN5O2. The van der Waals surface area contributed by atoms with Crippen molar-refractivity contribution in [3.63, 3.8) is 0 Å². The van der Waals surface area contributed by atoms with Crippen LogP contribution in [0.4, 0.5) is 0 Å². The fourth-order valence-corrected chi connectivity index (χ4v) is 3.83. The molecule has 1 amide bonds. The van der Waals surface area contributed by atoms with Gasteiger partial charge in [-0.05, 0) is 69.4 Å². The first kappa shape index (κ1) is 20.3. The van der Waals surface area contributed by atoms with Crippen LogP contribution in [-0.2, 0) is 6.54 Å². The van der Waals surface area contributed by atoms with Gasteiger partial charge in [0.25, 0.3) is 5.91 Å². The van der Waals surface area contributed by atoms with Crippen LogP contribution in [0.25, 0.3) is 5.82 Å². The van der Waals surface area contributed by atoms with Crippen molar-refractivity contribution < 1.29 is 9.53 Å². The van der Waals surface area contributed by atoms with Gasteiger partial charge in [-0.25, -0.2) is 14.6 Å². The van der Waals surface area contributed by atoms with E-state index in [1.807, 2.05) is 32.0 Å². The molecule has 3 aromatic heterocycles. The second-order valence-electron chi connectivity index (χ2n) is 7.55. The smallest absolute Gasteiger partial charge is 0.271 e. The van der Waals surface area contributed by atoms with Crippen LogP contribution in [0, 0.1) is 13.8 Å². The summed E-state index contributed by atoms with van der Waals surface area (Å²) in [4.78, 5) is 21.5. The third-order valence-electron chi connectivity index (χ3n) is 5.11. The largest absolute Gasteiger partial charge is 0.474 e. The fourth-order valence-electron chi connectivity index (χ4n) is 3.64. The van der Waals surface area contributed by atoms with E-state index >= 15 is 0 Å². The van der Waals surface area contributed by atoms with Crippen molar-refractivity contribution in [2.24, 2.45) is 0 Å². The summed E-state index contributed by atoms with van der Waals surface area (Å²) < 4.78 is 7.63. The minimum absolute atomic E-state index is 0.165. The molecule has 7 nitrogen and oxygen atoms in total. The number of aromatic nitrogens is 4. The Balaban J connectivity index is 1.45. The summed E-state index contributed by atoms with van der Waals surface area (Å²) in [6.07, 6.45) is 6.47. The van der Waals surface area contributed by atoms with Crippen molar-refractivity contribution in [3.8, 4) is 11.7 Å². The molecular weight excluding hydrogens is 402 g/mol. The van der Waals surface area contributed by atoms with Gasteiger partial charge in [-0.15, -0.1) is 0 Å². The number of pyridine rings is 2.